The summed E-state index contributed by atoms with van der Waals surface area (Å²) in [4.78, 5) is 0. The molecular weight excluding hydrogens is 352 g/mol. The van der Waals surface area contributed by atoms with Gasteiger partial charge in [0, 0.05) is 17.6 Å². The molecule has 0 fully saturated rings. The molecule has 3 rings (SSSR count). The van der Waals surface area contributed by atoms with Gasteiger partial charge in [0.25, 0.3) is 5.88 Å². The highest BCUT2D eigenvalue weighted by Crippen LogP contribution is 2.30. The predicted octanol–water partition coefficient (Wildman–Crippen LogP) is 4.80. The fourth-order valence-electron chi connectivity index (χ4n) is 2.92. The number of allylic oxidation sites excluding steroid dienone is 2. The lowest BCUT2D eigenvalue weighted by Crippen LogP contribution is -2.04. The standard InChI is InChI=1S/C20H21F2N3O2/c1-4-5-10-25-14(3)13(2)17-11-23-24-19(18(17)25)26-12-15-6-8-16(9-7-15)27-20(21)22/h4-9,11,20H,10,12H2,1-3H3/b5-4+. The molecule has 2 heterocycles. The molecule has 7 heteroatoms. The Bertz CT molecular complexity index is 950. The number of halogens is 2. The second kappa shape index (κ2) is 8.16. The van der Waals surface area contributed by atoms with Crippen LogP contribution in [0.15, 0.2) is 42.6 Å². The summed E-state index contributed by atoms with van der Waals surface area (Å²) in [5, 5.41) is 9.22. The first-order chi connectivity index (χ1) is 13.0. The molecule has 0 spiro atoms. The van der Waals surface area contributed by atoms with Crippen LogP contribution in [-0.4, -0.2) is 21.4 Å². The molecule has 27 heavy (non-hydrogen) atoms. The Kier molecular flexibility index (Phi) is 5.69. The molecule has 0 atom stereocenters. The maximum absolute atomic E-state index is 12.2. The number of ether oxygens (including phenoxy) is 2. The van der Waals surface area contributed by atoms with Gasteiger partial charge in [-0.1, -0.05) is 24.3 Å². The normalized spacial score (nSPS) is 11.6. The number of hydrogen-bond acceptors (Lipinski definition) is 4. The molecule has 0 bridgehead atoms. The molecular formula is C20H21F2N3O2. The summed E-state index contributed by atoms with van der Waals surface area (Å²) in [6, 6.07) is 6.33. The summed E-state index contributed by atoms with van der Waals surface area (Å²) in [5.74, 6) is 0.559. The average Bonchev–Trinajstić information content (AvgIpc) is 2.90. The monoisotopic (exact) mass is 373 g/mol. The Balaban J connectivity index is 1.85. The van der Waals surface area contributed by atoms with Gasteiger partial charge in [-0.25, -0.2) is 0 Å². The fourth-order valence-corrected chi connectivity index (χ4v) is 2.92. The van der Waals surface area contributed by atoms with E-state index >= 15 is 0 Å². The second-order valence-electron chi connectivity index (χ2n) is 6.11. The van der Waals surface area contributed by atoms with Gasteiger partial charge in [0.1, 0.15) is 17.9 Å². The maximum atomic E-state index is 12.2. The van der Waals surface area contributed by atoms with Gasteiger partial charge in [-0.15, -0.1) is 5.10 Å². The van der Waals surface area contributed by atoms with Crippen molar-refractivity contribution in [2.24, 2.45) is 0 Å². The van der Waals surface area contributed by atoms with Crippen molar-refractivity contribution in [1.29, 1.82) is 0 Å². The molecule has 0 unspecified atom stereocenters. The van der Waals surface area contributed by atoms with Crippen LogP contribution in [0.1, 0.15) is 23.7 Å². The zero-order valence-electron chi connectivity index (χ0n) is 15.4. The molecule has 2 aromatic heterocycles. The molecule has 0 aliphatic heterocycles. The highest BCUT2D eigenvalue weighted by molar-refractivity contribution is 5.88. The first kappa shape index (κ1) is 18.8. The van der Waals surface area contributed by atoms with Gasteiger partial charge in [-0.2, -0.15) is 13.9 Å². The lowest BCUT2D eigenvalue weighted by Gasteiger charge is -2.10. The van der Waals surface area contributed by atoms with Crippen LogP contribution >= 0.6 is 0 Å². The second-order valence-corrected chi connectivity index (χ2v) is 6.11. The summed E-state index contributed by atoms with van der Waals surface area (Å²) >= 11 is 0. The van der Waals surface area contributed by atoms with E-state index in [0.29, 0.717) is 12.4 Å². The number of alkyl halides is 2. The van der Waals surface area contributed by atoms with Gasteiger partial charge < -0.3 is 14.0 Å². The number of aromatic nitrogens is 3. The van der Waals surface area contributed by atoms with Gasteiger partial charge in [-0.05, 0) is 44.0 Å². The fraction of sp³-hybridized carbons (Fsp3) is 0.300. The Morgan fingerprint density at radius 1 is 1.19 bits per heavy atom. The zero-order valence-corrected chi connectivity index (χ0v) is 15.4. The lowest BCUT2D eigenvalue weighted by molar-refractivity contribution is -0.0498. The van der Waals surface area contributed by atoms with Crippen molar-refractivity contribution in [3.05, 3.63) is 59.4 Å². The number of aryl methyl sites for hydroxylation is 1. The molecule has 0 aliphatic rings. The highest BCUT2D eigenvalue weighted by Gasteiger charge is 2.16. The Morgan fingerprint density at radius 2 is 1.93 bits per heavy atom. The van der Waals surface area contributed by atoms with Crippen molar-refractivity contribution >= 4 is 10.9 Å². The third-order valence-corrected chi connectivity index (χ3v) is 4.46. The van der Waals surface area contributed by atoms with Crippen LogP contribution in [0.25, 0.3) is 10.9 Å². The van der Waals surface area contributed by atoms with E-state index in [1.807, 2.05) is 13.0 Å². The predicted molar refractivity (Wildman–Crippen MR) is 99.2 cm³/mol. The lowest BCUT2D eigenvalue weighted by atomic mass is 10.2. The van der Waals surface area contributed by atoms with Crippen LogP contribution in [0, 0.1) is 13.8 Å². The van der Waals surface area contributed by atoms with Crippen LogP contribution in [0.3, 0.4) is 0 Å². The highest BCUT2D eigenvalue weighted by atomic mass is 19.3. The van der Waals surface area contributed by atoms with Crippen molar-refractivity contribution < 1.29 is 18.3 Å². The van der Waals surface area contributed by atoms with Crippen molar-refractivity contribution in [2.45, 2.75) is 40.5 Å². The van der Waals surface area contributed by atoms with Crippen molar-refractivity contribution in [3.63, 3.8) is 0 Å². The molecule has 0 saturated carbocycles. The number of hydrogen-bond donors (Lipinski definition) is 0. The first-order valence-corrected chi connectivity index (χ1v) is 8.60. The van der Waals surface area contributed by atoms with E-state index in [4.69, 9.17) is 4.74 Å². The number of fused-ring (bicyclic) bond motifs is 1. The van der Waals surface area contributed by atoms with E-state index in [9.17, 15) is 8.78 Å². The summed E-state index contributed by atoms with van der Waals surface area (Å²) in [6.07, 6.45) is 5.81. The largest absolute Gasteiger partial charge is 0.470 e. The van der Waals surface area contributed by atoms with Crippen molar-refractivity contribution in [2.75, 3.05) is 0 Å². The van der Waals surface area contributed by atoms with Crippen LogP contribution in [0.5, 0.6) is 11.6 Å². The molecule has 0 N–H and O–H groups in total. The van der Waals surface area contributed by atoms with Crippen LogP contribution < -0.4 is 9.47 Å². The van der Waals surface area contributed by atoms with Crippen LogP contribution in [0.2, 0.25) is 0 Å². The smallest absolute Gasteiger partial charge is 0.387 e. The summed E-state index contributed by atoms with van der Waals surface area (Å²) < 4.78 is 36.9. The molecule has 0 radical (unpaired) electrons. The molecule has 142 valence electrons. The summed E-state index contributed by atoms with van der Waals surface area (Å²) in [5.41, 5.74) is 3.99. The zero-order chi connectivity index (χ0) is 19.4. The van der Waals surface area contributed by atoms with Gasteiger partial charge >= 0.3 is 6.61 Å². The van der Waals surface area contributed by atoms with E-state index in [-0.39, 0.29) is 12.4 Å². The van der Waals surface area contributed by atoms with E-state index in [1.54, 1.807) is 18.3 Å². The van der Waals surface area contributed by atoms with Crippen molar-refractivity contribution in [3.8, 4) is 11.6 Å². The van der Waals surface area contributed by atoms with E-state index in [0.717, 1.165) is 27.7 Å². The molecule has 0 amide bonds. The molecule has 0 aliphatic carbocycles. The number of benzene rings is 1. The quantitative estimate of drug-likeness (QED) is 0.558. The van der Waals surface area contributed by atoms with E-state index < -0.39 is 6.61 Å². The Hall–Kier alpha value is -2.96. The van der Waals surface area contributed by atoms with Gasteiger partial charge in [0.05, 0.1) is 6.20 Å². The average molecular weight is 373 g/mol. The maximum Gasteiger partial charge on any atom is 0.387 e. The third-order valence-electron chi connectivity index (χ3n) is 4.46. The van der Waals surface area contributed by atoms with Gasteiger partial charge in [0.2, 0.25) is 0 Å². The summed E-state index contributed by atoms with van der Waals surface area (Å²) in [6.45, 7) is 4.22. The molecule has 1 aromatic carbocycles. The van der Waals surface area contributed by atoms with Crippen LogP contribution in [-0.2, 0) is 13.2 Å². The van der Waals surface area contributed by atoms with Crippen molar-refractivity contribution in [1.82, 2.24) is 14.8 Å². The SMILES string of the molecule is C/C=C/Cn1c(C)c(C)c2cnnc(OCc3ccc(OC(F)F)cc3)c21. The minimum Gasteiger partial charge on any atom is -0.470 e. The summed E-state index contributed by atoms with van der Waals surface area (Å²) in [7, 11) is 0. The molecule has 5 nitrogen and oxygen atoms in total. The molecule has 3 aromatic rings. The van der Waals surface area contributed by atoms with E-state index in [2.05, 4.69) is 39.4 Å². The third kappa shape index (κ3) is 4.07. The van der Waals surface area contributed by atoms with Crippen LogP contribution in [0.4, 0.5) is 8.78 Å². The Morgan fingerprint density at radius 3 is 2.59 bits per heavy atom. The van der Waals surface area contributed by atoms with Gasteiger partial charge in [-0.3, -0.25) is 0 Å². The number of nitrogens with zero attached hydrogens (tertiary/aromatic N) is 3. The minimum absolute atomic E-state index is 0.113. The van der Waals surface area contributed by atoms with Gasteiger partial charge in [0.15, 0.2) is 0 Å². The van der Waals surface area contributed by atoms with E-state index in [1.165, 1.54) is 12.1 Å². The minimum atomic E-state index is -2.84. The number of rotatable bonds is 7. The molecule has 0 saturated heterocycles. The Labute approximate surface area is 156 Å². The topological polar surface area (TPSA) is 49.2 Å². The first-order valence-electron chi connectivity index (χ1n) is 8.60.